The number of non-ortho nitro benzene ring substituents is 1. The highest BCUT2D eigenvalue weighted by atomic mass is 32.2. The fourth-order valence-electron chi connectivity index (χ4n) is 2.73. The molecule has 31 heavy (non-hydrogen) atoms. The molecule has 0 radical (unpaired) electrons. The number of hydrogen-bond acceptors (Lipinski definition) is 7. The van der Waals surface area contributed by atoms with E-state index in [0.717, 1.165) is 35.5 Å². The Morgan fingerprint density at radius 2 is 1.94 bits per heavy atom. The van der Waals surface area contributed by atoms with Gasteiger partial charge in [-0.2, -0.15) is 0 Å². The number of rotatable bonds is 8. The van der Waals surface area contributed by atoms with Crippen molar-refractivity contribution in [1.82, 2.24) is 4.98 Å². The number of nitro benzene ring substituents is 1. The lowest BCUT2D eigenvalue weighted by Crippen LogP contribution is -2.05. The molecule has 0 amide bonds. The summed E-state index contributed by atoms with van der Waals surface area (Å²) in [5.41, 5.74) is 1.34. The quantitative estimate of drug-likeness (QED) is 0.0891. The van der Waals surface area contributed by atoms with E-state index in [4.69, 9.17) is 0 Å². The van der Waals surface area contributed by atoms with Crippen molar-refractivity contribution < 1.29 is 14.8 Å². The number of hydrogen-bond donors (Lipinski definition) is 2. The second kappa shape index (κ2) is 10.5. The summed E-state index contributed by atoms with van der Waals surface area (Å²) in [6.45, 7) is 2.59. The van der Waals surface area contributed by atoms with Crippen LogP contribution in [0.5, 0.6) is 5.88 Å². The largest absolute Gasteiger partial charge is 0.493 e. The molecule has 160 valence electrons. The fourth-order valence-corrected chi connectivity index (χ4v) is 3.44. The van der Waals surface area contributed by atoms with Crippen LogP contribution in [-0.4, -0.2) is 38.3 Å². The van der Waals surface area contributed by atoms with E-state index in [1.54, 1.807) is 0 Å². The van der Waals surface area contributed by atoms with Crippen LogP contribution in [0.2, 0.25) is 0 Å². The van der Waals surface area contributed by atoms with E-state index in [-0.39, 0.29) is 23.1 Å². The van der Waals surface area contributed by atoms with E-state index in [2.05, 4.69) is 20.2 Å². The number of carbonyl (C=O) groups is 1. The van der Waals surface area contributed by atoms with Crippen LogP contribution in [-0.2, 0) is 0 Å². The van der Waals surface area contributed by atoms with Crippen LogP contribution >= 0.6 is 11.8 Å². The number of nitro groups is 1. The van der Waals surface area contributed by atoms with Gasteiger partial charge in [-0.3, -0.25) is 19.9 Å². The Balaban J connectivity index is 1.74. The van der Waals surface area contributed by atoms with Gasteiger partial charge in [-0.25, -0.2) is 0 Å². The molecule has 0 atom stereocenters. The molecule has 0 saturated heterocycles. The molecule has 2 N–H and O–H groups in total. The molecule has 0 spiro atoms. The SMILES string of the molecule is CCCCN=C(N=Nc1c(O)[nH]c2ccccc12)SCC(=O)c1ccc([N+](=O)[O-])cc1. The van der Waals surface area contributed by atoms with Crippen LogP contribution in [0.1, 0.15) is 30.1 Å². The average molecular weight is 439 g/mol. The first-order chi connectivity index (χ1) is 15.0. The van der Waals surface area contributed by atoms with Crippen molar-refractivity contribution in [2.24, 2.45) is 15.2 Å². The van der Waals surface area contributed by atoms with Crippen molar-refractivity contribution in [1.29, 1.82) is 0 Å². The number of fused-ring (bicyclic) bond motifs is 1. The van der Waals surface area contributed by atoms with Gasteiger partial charge in [0.1, 0.15) is 0 Å². The number of aromatic hydroxyl groups is 1. The van der Waals surface area contributed by atoms with Crippen LogP contribution in [0, 0.1) is 10.1 Å². The summed E-state index contributed by atoms with van der Waals surface area (Å²) < 4.78 is 0. The maximum absolute atomic E-state index is 12.5. The number of thioether (sulfide) groups is 1. The number of ketones is 1. The number of benzene rings is 2. The third kappa shape index (κ3) is 5.76. The van der Waals surface area contributed by atoms with Crippen LogP contribution < -0.4 is 0 Å². The van der Waals surface area contributed by atoms with E-state index < -0.39 is 4.92 Å². The number of nitrogens with zero attached hydrogens (tertiary/aromatic N) is 4. The second-order valence-electron chi connectivity index (χ2n) is 6.60. The Bertz CT molecular complexity index is 1140. The minimum absolute atomic E-state index is 0.0572. The van der Waals surface area contributed by atoms with Gasteiger partial charge in [-0.15, -0.1) is 10.2 Å². The Labute approximate surface area is 182 Å². The molecule has 0 unspecified atom stereocenters. The van der Waals surface area contributed by atoms with Crippen molar-refractivity contribution >= 4 is 45.0 Å². The normalized spacial score (nSPS) is 12.0. The number of nitrogens with one attached hydrogen (secondary N) is 1. The third-order valence-corrected chi connectivity index (χ3v) is 5.26. The monoisotopic (exact) mass is 439 g/mol. The molecule has 0 saturated carbocycles. The number of unbranched alkanes of at least 4 members (excludes halogenated alkanes) is 1. The predicted molar refractivity (Wildman–Crippen MR) is 122 cm³/mol. The first-order valence-electron chi connectivity index (χ1n) is 9.66. The molecule has 3 aromatic rings. The van der Waals surface area contributed by atoms with Gasteiger partial charge in [0.05, 0.1) is 16.2 Å². The van der Waals surface area contributed by atoms with Crippen LogP contribution in [0.25, 0.3) is 10.9 Å². The topological polar surface area (TPSA) is 133 Å². The first-order valence-corrected chi connectivity index (χ1v) is 10.6. The van der Waals surface area contributed by atoms with Crippen molar-refractivity contribution in [3.8, 4) is 5.88 Å². The fraction of sp³-hybridized carbons (Fsp3) is 0.238. The Hall–Kier alpha value is -3.53. The zero-order chi connectivity index (χ0) is 22.2. The minimum atomic E-state index is -0.512. The number of aromatic nitrogens is 1. The molecule has 9 nitrogen and oxygen atoms in total. The van der Waals surface area contributed by atoms with E-state index in [9.17, 15) is 20.0 Å². The van der Waals surface area contributed by atoms with Crippen molar-refractivity contribution in [3.63, 3.8) is 0 Å². The second-order valence-corrected chi connectivity index (χ2v) is 7.54. The number of aliphatic imine (C=N–C) groups is 1. The molecule has 0 aliphatic rings. The van der Waals surface area contributed by atoms with Gasteiger partial charge in [-0.1, -0.05) is 43.3 Å². The smallest absolute Gasteiger partial charge is 0.269 e. The van der Waals surface area contributed by atoms with Crippen LogP contribution in [0.15, 0.2) is 63.8 Å². The number of azo groups is 1. The predicted octanol–water partition coefficient (Wildman–Crippen LogP) is 5.64. The summed E-state index contributed by atoms with van der Waals surface area (Å²) >= 11 is 1.13. The summed E-state index contributed by atoms with van der Waals surface area (Å²) in [5, 5.41) is 30.3. The molecule has 0 aliphatic carbocycles. The molecule has 1 aromatic heterocycles. The molecule has 1 heterocycles. The lowest BCUT2D eigenvalue weighted by molar-refractivity contribution is -0.384. The highest BCUT2D eigenvalue weighted by molar-refractivity contribution is 8.14. The maximum Gasteiger partial charge on any atom is 0.269 e. The molecular formula is C21H21N5O4S. The van der Waals surface area contributed by atoms with Gasteiger partial charge < -0.3 is 10.1 Å². The van der Waals surface area contributed by atoms with E-state index in [0.29, 0.717) is 23.0 Å². The number of carbonyl (C=O) groups excluding carboxylic acids is 1. The highest BCUT2D eigenvalue weighted by Gasteiger charge is 2.13. The first kappa shape index (κ1) is 22.2. The van der Waals surface area contributed by atoms with Gasteiger partial charge in [0.15, 0.2) is 11.5 Å². The lowest BCUT2D eigenvalue weighted by Gasteiger charge is -2.02. The van der Waals surface area contributed by atoms with Crippen molar-refractivity contribution in [2.45, 2.75) is 19.8 Å². The number of H-pyrrole nitrogens is 1. The summed E-state index contributed by atoms with van der Waals surface area (Å²) in [5.74, 6) is -0.236. The lowest BCUT2D eigenvalue weighted by atomic mass is 10.1. The van der Waals surface area contributed by atoms with Gasteiger partial charge in [-0.05, 0) is 24.6 Å². The zero-order valence-corrected chi connectivity index (χ0v) is 17.6. The number of Topliss-reactive ketones (excluding diaryl/α,β-unsaturated/α-hetero) is 1. The minimum Gasteiger partial charge on any atom is -0.493 e. The van der Waals surface area contributed by atoms with Gasteiger partial charge in [0.25, 0.3) is 5.69 Å². The molecule has 0 fully saturated rings. The van der Waals surface area contributed by atoms with E-state index >= 15 is 0 Å². The summed E-state index contributed by atoms with van der Waals surface area (Å²) in [6.07, 6.45) is 1.83. The van der Waals surface area contributed by atoms with Crippen molar-refractivity contribution in [2.75, 3.05) is 12.3 Å². The van der Waals surface area contributed by atoms with Gasteiger partial charge in [0.2, 0.25) is 11.0 Å². The summed E-state index contributed by atoms with van der Waals surface area (Å²) in [4.78, 5) is 30.0. The third-order valence-electron chi connectivity index (χ3n) is 4.39. The van der Waals surface area contributed by atoms with Gasteiger partial charge >= 0.3 is 0 Å². The van der Waals surface area contributed by atoms with Crippen molar-refractivity contribution in [3.05, 3.63) is 64.2 Å². The maximum atomic E-state index is 12.5. The zero-order valence-electron chi connectivity index (χ0n) is 16.8. The molecular weight excluding hydrogens is 418 g/mol. The molecule has 0 aliphatic heterocycles. The van der Waals surface area contributed by atoms with E-state index in [1.807, 2.05) is 31.2 Å². The number of amidine groups is 1. The highest BCUT2D eigenvalue weighted by Crippen LogP contribution is 2.35. The number of para-hydroxylation sites is 1. The summed E-state index contributed by atoms with van der Waals surface area (Å²) in [6, 6.07) is 12.8. The summed E-state index contributed by atoms with van der Waals surface area (Å²) in [7, 11) is 0. The molecule has 0 bridgehead atoms. The molecule has 2 aromatic carbocycles. The van der Waals surface area contributed by atoms with Crippen LogP contribution in [0.4, 0.5) is 11.4 Å². The Morgan fingerprint density at radius 1 is 1.19 bits per heavy atom. The Kier molecular flexibility index (Phi) is 7.50. The average Bonchev–Trinajstić information content (AvgIpc) is 3.10. The standard InChI is InChI=1S/C21H21N5O4S/c1-2-3-12-22-21(25-24-19-16-6-4-5-7-17(16)23-20(19)28)31-13-18(27)14-8-10-15(11-9-14)26(29)30/h4-11,23,28H,2-3,12-13H2,1H3. The van der Waals surface area contributed by atoms with Gasteiger partial charge in [0, 0.05) is 29.6 Å². The Morgan fingerprint density at radius 3 is 2.65 bits per heavy atom. The van der Waals surface area contributed by atoms with Crippen LogP contribution in [0.3, 0.4) is 0 Å². The number of aromatic amines is 1. The molecule has 3 rings (SSSR count). The van der Waals surface area contributed by atoms with E-state index in [1.165, 1.54) is 24.3 Å². The molecule has 10 heteroatoms.